The fourth-order valence-corrected chi connectivity index (χ4v) is 2.56. The lowest BCUT2D eigenvalue weighted by Gasteiger charge is -2.46. The molecule has 0 aliphatic heterocycles. The minimum absolute atomic E-state index is 0.0195. The van der Waals surface area contributed by atoms with Crippen LogP contribution in [0.4, 0.5) is 119 Å². The second-order valence-electron chi connectivity index (χ2n) is 8.08. The molecule has 0 spiro atoms. The van der Waals surface area contributed by atoms with E-state index in [-0.39, 0.29) is 6.92 Å². The molecule has 0 nitrogen and oxygen atoms in total. The highest BCUT2D eigenvalue weighted by Gasteiger charge is 2.99. The number of rotatable bonds is 14. The maximum Gasteiger partial charge on any atom is 0.385 e. The van der Waals surface area contributed by atoms with Crippen molar-refractivity contribution in [1.82, 2.24) is 0 Å². The van der Waals surface area contributed by atoms with Gasteiger partial charge in [-0.15, -0.1) is 0 Å². The highest BCUT2D eigenvalue weighted by atomic mass is 19.4. The average molecular weight is 711 g/mol. The van der Waals surface area contributed by atoms with Crippen LogP contribution < -0.4 is 0 Å². The van der Waals surface area contributed by atoms with Crippen LogP contribution in [0.1, 0.15) is 13.3 Å². The minimum atomic E-state index is -9.72. The monoisotopic (exact) mass is 711 g/mol. The van der Waals surface area contributed by atoms with E-state index in [0.29, 0.717) is 0 Å². The van der Waals surface area contributed by atoms with Crippen molar-refractivity contribution >= 4 is 0 Å². The largest absolute Gasteiger partial charge is 0.385 e. The molecule has 0 amide bonds. The molecule has 43 heavy (non-hydrogen) atoms. The van der Waals surface area contributed by atoms with E-state index in [4.69, 9.17) is 0 Å². The average Bonchev–Trinajstić information content (AvgIpc) is 2.81. The van der Waals surface area contributed by atoms with Gasteiger partial charge in [0.2, 0.25) is 0 Å². The second kappa shape index (κ2) is 10.3. The fourth-order valence-electron chi connectivity index (χ4n) is 2.56. The maximum atomic E-state index is 13.6. The van der Waals surface area contributed by atoms with Gasteiger partial charge in [-0.25, -0.2) is 4.39 Å². The van der Waals surface area contributed by atoms with Gasteiger partial charge in [-0.2, -0.15) is 114 Å². The molecule has 0 bridgehead atoms. The second-order valence-corrected chi connectivity index (χ2v) is 8.08. The summed E-state index contributed by atoms with van der Waals surface area (Å²) in [6.45, 7) is 0.0195. The van der Waals surface area contributed by atoms with Gasteiger partial charge in [0.15, 0.2) is 6.17 Å². The van der Waals surface area contributed by atoms with Gasteiger partial charge in [-0.1, -0.05) is 6.92 Å². The van der Waals surface area contributed by atoms with E-state index in [1.165, 1.54) is 0 Å². The molecule has 0 aromatic carbocycles. The Morgan fingerprint density at radius 3 is 0.744 bits per heavy atom. The van der Waals surface area contributed by atoms with Crippen LogP contribution in [0.25, 0.3) is 0 Å². The Morgan fingerprint density at radius 1 is 0.372 bits per heavy atom. The van der Waals surface area contributed by atoms with Gasteiger partial charge in [0, 0.05) is 0 Å². The van der Waals surface area contributed by atoms with E-state index in [1.54, 1.807) is 0 Å². The van der Waals surface area contributed by atoms with Crippen LogP contribution in [0.3, 0.4) is 0 Å². The van der Waals surface area contributed by atoms with E-state index in [2.05, 4.69) is 0 Å². The third-order valence-corrected chi connectivity index (χ3v) is 5.35. The summed E-state index contributed by atoms with van der Waals surface area (Å²) in [5, 5.41) is 0. The molecule has 259 valence electrons. The van der Waals surface area contributed by atoms with Crippen molar-refractivity contribution in [2.75, 3.05) is 0 Å². The standard InChI is InChI=1S/C16H6F27/c1-2-3(17)5(20,21)7(24,25)9(28,29)11(32,33)13(36,37)15(40,41)16(42,43)14(38,39)12(34,35)10(30,31)8(26,27)6(22,23)4(18)19/h3H,2H2,1H3. The summed E-state index contributed by atoms with van der Waals surface area (Å²) in [4.78, 5) is 0. The fraction of sp³-hybridized carbons (Fsp3) is 0.938. The molecule has 0 aliphatic rings. The summed E-state index contributed by atoms with van der Waals surface area (Å²) in [5.41, 5.74) is 0. The summed E-state index contributed by atoms with van der Waals surface area (Å²) in [7, 11) is 0. The van der Waals surface area contributed by atoms with E-state index in [9.17, 15) is 119 Å². The molecule has 0 heterocycles. The third kappa shape index (κ3) is 4.72. The zero-order valence-corrected chi connectivity index (χ0v) is 19.0. The third-order valence-electron chi connectivity index (χ3n) is 5.35. The van der Waals surface area contributed by atoms with Crippen LogP contribution in [0.15, 0.2) is 0 Å². The normalized spacial score (nSPS) is 17.5. The van der Waals surface area contributed by atoms with Crippen molar-refractivity contribution in [2.45, 2.75) is 90.6 Å². The quantitative estimate of drug-likeness (QED) is 0.158. The molecule has 0 aromatic rings. The number of halogens is 27. The van der Waals surface area contributed by atoms with Crippen LogP contribution >= 0.6 is 0 Å². The molecular formula is C16H6F27. The van der Waals surface area contributed by atoms with Crippen molar-refractivity contribution in [3.05, 3.63) is 6.43 Å². The van der Waals surface area contributed by atoms with Crippen LogP contribution in [-0.4, -0.2) is 77.2 Å². The van der Waals surface area contributed by atoms with Crippen LogP contribution in [0.5, 0.6) is 0 Å². The lowest BCUT2D eigenvalue weighted by Crippen LogP contribution is -2.78. The highest BCUT2D eigenvalue weighted by Crippen LogP contribution is 2.68. The minimum Gasteiger partial charge on any atom is -0.241 e. The van der Waals surface area contributed by atoms with E-state index in [0.717, 1.165) is 0 Å². The Morgan fingerprint density at radius 2 is 0.558 bits per heavy atom. The van der Waals surface area contributed by atoms with Crippen molar-refractivity contribution < 1.29 is 119 Å². The lowest BCUT2D eigenvalue weighted by molar-refractivity contribution is -0.479. The molecule has 0 N–H and O–H groups in total. The molecule has 0 aromatic heterocycles. The van der Waals surface area contributed by atoms with E-state index >= 15 is 0 Å². The van der Waals surface area contributed by atoms with Crippen molar-refractivity contribution in [3.63, 3.8) is 0 Å². The molecule has 27 heteroatoms. The number of hydrogen-bond acceptors (Lipinski definition) is 0. The van der Waals surface area contributed by atoms with Crippen molar-refractivity contribution in [1.29, 1.82) is 0 Å². The van der Waals surface area contributed by atoms with E-state index < -0.39 is 90.1 Å². The summed E-state index contributed by atoms with van der Waals surface area (Å²) in [5.74, 6) is -109. The Hall–Kier alpha value is -1.89. The molecule has 0 aliphatic carbocycles. The molecule has 1 atom stereocenters. The van der Waals surface area contributed by atoms with Gasteiger partial charge in [0.05, 0.1) is 0 Å². The first-order valence-electron chi connectivity index (χ1n) is 9.54. The lowest BCUT2D eigenvalue weighted by atomic mass is 9.83. The van der Waals surface area contributed by atoms with Crippen LogP contribution in [0, 0.1) is 6.43 Å². The van der Waals surface area contributed by atoms with Crippen LogP contribution in [0.2, 0.25) is 0 Å². The predicted octanol–water partition coefficient (Wildman–Crippen LogP) is 9.79. The molecule has 1 unspecified atom stereocenters. The molecule has 0 fully saturated rings. The summed E-state index contributed by atoms with van der Waals surface area (Å²) >= 11 is 0. The van der Waals surface area contributed by atoms with Crippen LogP contribution in [-0.2, 0) is 0 Å². The Bertz CT molecular complexity index is 987. The van der Waals surface area contributed by atoms with Gasteiger partial charge >= 0.3 is 77.5 Å². The van der Waals surface area contributed by atoms with Crippen molar-refractivity contribution in [2.24, 2.45) is 0 Å². The smallest absolute Gasteiger partial charge is 0.241 e. The molecule has 1 radical (unpaired) electrons. The zero-order valence-electron chi connectivity index (χ0n) is 19.0. The Labute approximate surface area is 217 Å². The van der Waals surface area contributed by atoms with E-state index in [1.807, 2.05) is 0 Å². The maximum absolute atomic E-state index is 13.6. The molecular weight excluding hydrogens is 705 g/mol. The Balaban J connectivity index is 7.42. The van der Waals surface area contributed by atoms with Gasteiger partial charge in [-0.05, 0) is 6.42 Å². The SMILES string of the molecule is CCC(F)C(F)(F)C(F)(F)C(F)(F)C(F)(F)C(F)(F)C(F)(F)C(F)(F)C(F)(F)C(F)(F)C(F)(F)C(F)(F)C(F)(F)[C](F)F. The number of hydrogen-bond donors (Lipinski definition) is 0. The predicted molar refractivity (Wildman–Crippen MR) is 80.0 cm³/mol. The van der Waals surface area contributed by atoms with Crippen molar-refractivity contribution in [3.8, 4) is 0 Å². The summed E-state index contributed by atoms with van der Waals surface area (Å²) < 4.78 is 358. The number of alkyl halides is 25. The first-order valence-corrected chi connectivity index (χ1v) is 9.54. The topological polar surface area (TPSA) is 0 Å². The molecule has 0 saturated carbocycles. The zero-order chi connectivity index (χ0) is 35.9. The first kappa shape index (κ1) is 41.1. The molecule has 0 rings (SSSR count). The van der Waals surface area contributed by atoms with Gasteiger partial charge < -0.3 is 0 Å². The van der Waals surface area contributed by atoms with Gasteiger partial charge in [-0.3, -0.25) is 0 Å². The highest BCUT2D eigenvalue weighted by molar-refractivity contribution is 5.21. The van der Waals surface area contributed by atoms with Gasteiger partial charge in [0.1, 0.15) is 0 Å². The van der Waals surface area contributed by atoms with Gasteiger partial charge in [0.25, 0.3) is 0 Å². The first-order chi connectivity index (χ1) is 18.2. The summed E-state index contributed by atoms with van der Waals surface area (Å²) in [6, 6.07) is 0. The Kier molecular flexibility index (Phi) is 9.86. The molecule has 0 saturated heterocycles. The summed E-state index contributed by atoms with van der Waals surface area (Å²) in [6.07, 6.45) is -12.4.